The molecule has 0 fully saturated rings. The first kappa shape index (κ1) is 22.0. The minimum absolute atomic E-state index is 0.0603. The van der Waals surface area contributed by atoms with Gasteiger partial charge in [-0.1, -0.05) is 30.3 Å². The number of hydrogen-bond acceptors (Lipinski definition) is 5. The fraction of sp³-hybridized carbons (Fsp3) is 0.522. The van der Waals surface area contributed by atoms with Crippen molar-refractivity contribution in [3.05, 3.63) is 63.3 Å². The Hall–Kier alpha value is -2.67. The maximum absolute atomic E-state index is 13.5. The van der Waals surface area contributed by atoms with E-state index >= 15 is 0 Å². The Labute approximate surface area is 177 Å². The van der Waals surface area contributed by atoms with Crippen LogP contribution in [0.3, 0.4) is 0 Å². The van der Waals surface area contributed by atoms with Crippen LogP contribution in [0.25, 0.3) is 0 Å². The van der Waals surface area contributed by atoms with Crippen LogP contribution < -0.4 is 5.56 Å². The number of amides is 1. The molecular weight excluding hydrogens is 382 g/mol. The number of benzene rings is 1. The fourth-order valence-corrected chi connectivity index (χ4v) is 3.69. The maximum atomic E-state index is 13.5. The largest absolute Gasteiger partial charge is 0.444 e. The lowest BCUT2D eigenvalue weighted by atomic mass is 10.0. The molecule has 2 aromatic rings. The normalized spacial score (nSPS) is 14.9. The van der Waals surface area contributed by atoms with Crippen molar-refractivity contribution in [3.63, 3.8) is 0 Å². The van der Waals surface area contributed by atoms with Gasteiger partial charge in [-0.2, -0.15) is 0 Å². The van der Waals surface area contributed by atoms with Crippen LogP contribution in [-0.2, 0) is 22.4 Å². The summed E-state index contributed by atoms with van der Waals surface area (Å²) < 4.78 is 12.9. The Balaban J connectivity index is 1.95. The van der Waals surface area contributed by atoms with Crippen molar-refractivity contribution >= 4 is 6.09 Å². The molecule has 0 saturated carbocycles. The summed E-state index contributed by atoms with van der Waals surface area (Å²) in [6.45, 7) is 11.0. The fourth-order valence-electron chi connectivity index (χ4n) is 3.69. The summed E-state index contributed by atoms with van der Waals surface area (Å²) in [5.74, 6) is 0.610. The number of nitrogens with zero attached hydrogens (tertiary/aromatic N) is 3. The molecule has 1 amide bonds. The highest BCUT2D eigenvalue weighted by atomic mass is 16.6. The topological polar surface area (TPSA) is 73.7 Å². The van der Waals surface area contributed by atoms with Gasteiger partial charge in [0.25, 0.3) is 5.56 Å². The van der Waals surface area contributed by atoms with E-state index < -0.39 is 5.60 Å². The quantitative estimate of drug-likeness (QED) is 0.750. The number of hydrogen-bond donors (Lipinski definition) is 0. The van der Waals surface area contributed by atoms with Gasteiger partial charge in [0.1, 0.15) is 11.4 Å². The van der Waals surface area contributed by atoms with Crippen LogP contribution in [0.4, 0.5) is 4.79 Å². The van der Waals surface area contributed by atoms with E-state index in [-0.39, 0.29) is 24.2 Å². The highest BCUT2D eigenvalue weighted by molar-refractivity contribution is 5.68. The van der Waals surface area contributed by atoms with Gasteiger partial charge < -0.3 is 14.4 Å². The summed E-state index contributed by atoms with van der Waals surface area (Å²) in [6, 6.07) is 9.62. The number of ether oxygens (including phenoxy) is 2. The molecule has 162 valence electrons. The summed E-state index contributed by atoms with van der Waals surface area (Å²) in [6.07, 6.45) is 0.0758. The van der Waals surface area contributed by atoms with E-state index in [1.54, 1.807) is 9.47 Å². The van der Waals surface area contributed by atoms with Crippen LogP contribution in [0.2, 0.25) is 0 Å². The highest BCUT2D eigenvalue weighted by Crippen LogP contribution is 2.22. The Bertz CT molecular complexity index is 947. The lowest BCUT2D eigenvalue weighted by Crippen LogP contribution is -2.44. The predicted molar refractivity (Wildman–Crippen MR) is 115 cm³/mol. The zero-order chi connectivity index (χ0) is 21.9. The molecule has 7 heteroatoms. The monoisotopic (exact) mass is 413 g/mol. The third kappa shape index (κ3) is 4.90. The van der Waals surface area contributed by atoms with Gasteiger partial charge in [-0.25, -0.2) is 9.78 Å². The van der Waals surface area contributed by atoms with Gasteiger partial charge in [0, 0.05) is 18.7 Å². The molecule has 0 saturated heterocycles. The molecule has 2 heterocycles. The highest BCUT2D eigenvalue weighted by Gasteiger charge is 2.30. The SMILES string of the molecule is CCOCC(c1ccccc1)n1c(C)nc2c(c1=O)CCN(C(=O)OC(C)(C)C)C2. The number of rotatable bonds is 5. The first-order chi connectivity index (χ1) is 14.2. The lowest BCUT2D eigenvalue weighted by molar-refractivity contribution is 0.0219. The first-order valence-corrected chi connectivity index (χ1v) is 10.4. The molecule has 0 N–H and O–H groups in total. The molecule has 1 aliphatic rings. The van der Waals surface area contributed by atoms with Crippen molar-refractivity contribution < 1.29 is 14.3 Å². The third-order valence-corrected chi connectivity index (χ3v) is 5.07. The Morgan fingerprint density at radius 2 is 1.93 bits per heavy atom. The van der Waals surface area contributed by atoms with E-state index in [0.717, 1.165) is 5.56 Å². The average molecular weight is 414 g/mol. The molecule has 0 bridgehead atoms. The van der Waals surface area contributed by atoms with Crippen molar-refractivity contribution in [2.45, 2.75) is 59.2 Å². The molecule has 1 unspecified atom stereocenters. The molecule has 0 radical (unpaired) electrons. The maximum Gasteiger partial charge on any atom is 0.410 e. The van der Waals surface area contributed by atoms with E-state index in [9.17, 15) is 9.59 Å². The summed E-state index contributed by atoms with van der Waals surface area (Å²) in [5.41, 5.74) is 1.69. The Morgan fingerprint density at radius 3 is 2.57 bits per heavy atom. The molecule has 1 aliphatic heterocycles. The molecule has 0 aliphatic carbocycles. The minimum Gasteiger partial charge on any atom is -0.444 e. The molecule has 1 atom stereocenters. The van der Waals surface area contributed by atoms with Crippen LogP contribution in [0.5, 0.6) is 0 Å². The molecular formula is C23H31N3O4. The number of carbonyl (C=O) groups is 1. The van der Waals surface area contributed by atoms with Crippen LogP contribution in [0, 0.1) is 6.92 Å². The first-order valence-electron chi connectivity index (χ1n) is 10.4. The Kier molecular flexibility index (Phi) is 6.61. The summed E-state index contributed by atoms with van der Waals surface area (Å²) in [4.78, 5) is 32.2. The van der Waals surface area contributed by atoms with Crippen LogP contribution in [0.15, 0.2) is 35.1 Å². The molecule has 3 rings (SSSR count). The van der Waals surface area contributed by atoms with Crippen LogP contribution in [0.1, 0.15) is 56.4 Å². The zero-order valence-corrected chi connectivity index (χ0v) is 18.5. The number of aryl methyl sites for hydroxylation is 1. The van der Waals surface area contributed by atoms with Gasteiger partial charge in [-0.3, -0.25) is 9.36 Å². The summed E-state index contributed by atoms with van der Waals surface area (Å²) >= 11 is 0. The van der Waals surface area contributed by atoms with E-state index in [0.29, 0.717) is 43.3 Å². The minimum atomic E-state index is -0.563. The molecule has 1 aromatic heterocycles. The van der Waals surface area contributed by atoms with Crippen LogP contribution >= 0.6 is 0 Å². The second-order valence-corrected chi connectivity index (χ2v) is 8.50. The van der Waals surface area contributed by atoms with E-state index in [1.807, 2.05) is 65.0 Å². The average Bonchev–Trinajstić information content (AvgIpc) is 2.69. The third-order valence-electron chi connectivity index (χ3n) is 5.07. The summed E-state index contributed by atoms with van der Waals surface area (Å²) in [7, 11) is 0. The van der Waals surface area contributed by atoms with E-state index in [2.05, 4.69) is 0 Å². The van der Waals surface area contributed by atoms with Crippen molar-refractivity contribution in [2.24, 2.45) is 0 Å². The molecule has 0 spiro atoms. The van der Waals surface area contributed by atoms with Gasteiger partial charge >= 0.3 is 6.09 Å². The van der Waals surface area contributed by atoms with Gasteiger partial charge in [-0.15, -0.1) is 0 Å². The van der Waals surface area contributed by atoms with E-state index in [1.165, 1.54) is 0 Å². The van der Waals surface area contributed by atoms with Crippen LogP contribution in [-0.4, -0.2) is 45.9 Å². The lowest BCUT2D eigenvalue weighted by Gasteiger charge is -2.31. The molecule has 7 nitrogen and oxygen atoms in total. The predicted octanol–water partition coefficient (Wildman–Crippen LogP) is 3.47. The number of fused-ring (bicyclic) bond motifs is 1. The molecule has 30 heavy (non-hydrogen) atoms. The van der Waals surface area contributed by atoms with Gasteiger partial charge in [0.05, 0.1) is 24.9 Å². The van der Waals surface area contributed by atoms with Gasteiger partial charge in [0.15, 0.2) is 0 Å². The van der Waals surface area contributed by atoms with Crippen molar-refractivity contribution in [1.82, 2.24) is 14.5 Å². The van der Waals surface area contributed by atoms with E-state index in [4.69, 9.17) is 14.5 Å². The smallest absolute Gasteiger partial charge is 0.410 e. The second kappa shape index (κ2) is 9.00. The van der Waals surface area contributed by atoms with Crippen molar-refractivity contribution in [2.75, 3.05) is 19.8 Å². The van der Waals surface area contributed by atoms with Gasteiger partial charge in [0.2, 0.25) is 0 Å². The molecule has 1 aromatic carbocycles. The van der Waals surface area contributed by atoms with Gasteiger partial charge in [-0.05, 0) is 46.6 Å². The second-order valence-electron chi connectivity index (χ2n) is 8.50. The number of carbonyl (C=O) groups excluding carboxylic acids is 1. The zero-order valence-electron chi connectivity index (χ0n) is 18.5. The van der Waals surface area contributed by atoms with Crippen molar-refractivity contribution in [3.8, 4) is 0 Å². The standard InChI is InChI=1S/C23H31N3O4/c1-6-29-15-20(17-10-8-7-9-11-17)26-16(2)24-19-14-25(13-12-18(19)21(26)27)22(28)30-23(3,4)5/h7-11,20H,6,12-15H2,1-5H3. The number of aromatic nitrogens is 2. The van der Waals surface area contributed by atoms with Crippen molar-refractivity contribution in [1.29, 1.82) is 0 Å². The Morgan fingerprint density at radius 1 is 1.23 bits per heavy atom. The summed E-state index contributed by atoms with van der Waals surface area (Å²) in [5, 5.41) is 0.